The second-order valence-corrected chi connectivity index (χ2v) is 11.6. The normalized spacial score (nSPS) is 40.9. The first-order chi connectivity index (χ1) is 22.4. The molecule has 4 rings (SSSR count). The van der Waals surface area contributed by atoms with Crippen LogP contribution in [0.2, 0.25) is 0 Å². The highest BCUT2D eigenvalue weighted by Crippen LogP contribution is 2.31. The zero-order valence-electron chi connectivity index (χ0n) is 25.7. The Balaban J connectivity index is 1.61. The summed E-state index contributed by atoms with van der Waals surface area (Å²) in [6, 6.07) is 6.33. The predicted octanol–water partition coefficient (Wildman–Crippen LogP) is -5.06. The Morgan fingerprint density at radius 2 is 1.19 bits per heavy atom. The van der Waals surface area contributed by atoms with E-state index >= 15 is 0 Å². The highest BCUT2D eigenvalue weighted by Gasteiger charge is 2.53. The minimum Gasteiger partial charge on any atom is -0.394 e. The molecule has 1 aromatic rings. The van der Waals surface area contributed by atoms with Gasteiger partial charge in [-0.1, -0.05) is 30.3 Å². The molecule has 10 N–H and O–H groups in total. The first-order valence-corrected chi connectivity index (χ1v) is 15.1. The third kappa shape index (κ3) is 8.99. The molecule has 0 bridgehead atoms. The maximum atomic E-state index is 12.3. The fourth-order valence-corrected chi connectivity index (χ4v) is 5.64. The summed E-state index contributed by atoms with van der Waals surface area (Å²) in [4.78, 5) is 24.1. The van der Waals surface area contributed by atoms with Gasteiger partial charge in [0.25, 0.3) is 0 Å². The van der Waals surface area contributed by atoms with Crippen LogP contribution in [0, 0.1) is 0 Å². The number of amides is 2. The summed E-state index contributed by atoms with van der Waals surface area (Å²) in [7, 11) is 0. The largest absolute Gasteiger partial charge is 0.394 e. The molecule has 18 nitrogen and oxygen atoms in total. The van der Waals surface area contributed by atoms with Gasteiger partial charge in [0.1, 0.15) is 73.1 Å². The van der Waals surface area contributed by atoms with E-state index in [0.717, 1.165) is 5.56 Å². The van der Waals surface area contributed by atoms with Crippen molar-refractivity contribution in [2.24, 2.45) is 0 Å². The molecule has 3 fully saturated rings. The quantitative estimate of drug-likeness (QED) is 0.0992. The number of ether oxygens (including phenoxy) is 6. The minimum atomic E-state index is -1.85. The van der Waals surface area contributed by atoms with E-state index in [1.165, 1.54) is 13.8 Å². The molecule has 47 heavy (non-hydrogen) atoms. The number of carbonyl (C=O) groups is 2. The number of rotatable bonds is 12. The van der Waals surface area contributed by atoms with Crippen molar-refractivity contribution < 1.29 is 78.9 Å². The van der Waals surface area contributed by atoms with E-state index in [4.69, 9.17) is 28.4 Å². The fraction of sp³-hybridized carbons (Fsp3) is 0.724. The average Bonchev–Trinajstić information content (AvgIpc) is 3.04. The van der Waals surface area contributed by atoms with Crippen LogP contribution in [0.3, 0.4) is 0 Å². The number of hydrogen-bond donors (Lipinski definition) is 10. The first-order valence-electron chi connectivity index (χ1n) is 15.1. The van der Waals surface area contributed by atoms with Gasteiger partial charge in [-0.2, -0.15) is 0 Å². The number of hydrogen-bond acceptors (Lipinski definition) is 16. The summed E-state index contributed by atoms with van der Waals surface area (Å²) in [6.07, 6.45) is -20.2. The van der Waals surface area contributed by atoms with E-state index in [1.807, 2.05) is 0 Å². The third-order valence-electron chi connectivity index (χ3n) is 8.12. The Morgan fingerprint density at radius 3 is 1.79 bits per heavy atom. The lowest BCUT2D eigenvalue weighted by Crippen LogP contribution is -2.68. The van der Waals surface area contributed by atoms with Crippen LogP contribution in [0.15, 0.2) is 30.3 Å². The lowest BCUT2D eigenvalue weighted by atomic mass is 9.95. The van der Waals surface area contributed by atoms with E-state index < -0.39 is 124 Å². The van der Waals surface area contributed by atoms with E-state index in [-0.39, 0.29) is 6.61 Å². The van der Waals surface area contributed by atoms with E-state index in [2.05, 4.69) is 10.6 Å². The van der Waals surface area contributed by atoms with Gasteiger partial charge in [0.15, 0.2) is 18.9 Å². The van der Waals surface area contributed by atoms with Crippen LogP contribution in [-0.4, -0.2) is 164 Å². The summed E-state index contributed by atoms with van der Waals surface area (Å²) in [6.45, 7) is 0.352. The van der Waals surface area contributed by atoms with Crippen LogP contribution in [-0.2, 0) is 44.6 Å². The van der Waals surface area contributed by atoms with Crippen molar-refractivity contribution in [3.8, 4) is 0 Å². The fourth-order valence-electron chi connectivity index (χ4n) is 5.64. The molecule has 0 unspecified atom stereocenters. The van der Waals surface area contributed by atoms with Crippen molar-refractivity contribution >= 4 is 11.8 Å². The summed E-state index contributed by atoms with van der Waals surface area (Å²) in [5, 5.41) is 87.9. The van der Waals surface area contributed by atoms with Gasteiger partial charge in [-0.25, -0.2) is 0 Å². The van der Waals surface area contributed by atoms with Crippen molar-refractivity contribution in [3.63, 3.8) is 0 Å². The number of benzene rings is 1. The summed E-state index contributed by atoms with van der Waals surface area (Å²) >= 11 is 0. The molecule has 266 valence electrons. The van der Waals surface area contributed by atoms with Crippen LogP contribution in [0.4, 0.5) is 0 Å². The molecule has 3 heterocycles. The predicted molar refractivity (Wildman–Crippen MR) is 153 cm³/mol. The monoisotopic (exact) mass is 676 g/mol. The Kier molecular flexibility index (Phi) is 13.4. The van der Waals surface area contributed by atoms with Gasteiger partial charge in [-0.3, -0.25) is 9.59 Å². The van der Waals surface area contributed by atoms with E-state index in [0.29, 0.717) is 0 Å². The molecule has 1 aromatic carbocycles. The zero-order valence-corrected chi connectivity index (χ0v) is 25.7. The summed E-state index contributed by atoms with van der Waals surface area (Å²) < 4.78 is 34.9. The molecular formula is C29H44N2O16. The van der Waals surface area contributed by atoms with Crippen molar-refractivity contribution in [2.75, 3.05) is 19.8 Å². The molecular weight excluding hydrogens is 632 g/mol. The summed E-state index contributed by atoms with van der Waals surface area (Å²) in [5.41, 5.74) is 0.722. The molecule has 15 atom stereocenters. The topological polar surface area (TPSA) is 275 Å². The number of aliphatic hydroxyl groups is 8. The average molecular weight is 677 g/mol. The lowest BCUT2D eigenvalue weighted by molar-refractivity contribution is -0.350. The highest BCUT2D eigenvalue weighted by molar-refractivity contribution is 5.73. The molecule has 0 spiro atoms. The van der Waals surface area contributed by atoms with Crippen molar-refractivity contribution in [1.29, 1.82) is 0 Å². The minimum absolute atomic E-state index is 0.0311. The van der Waals surface area contributed by atoms with Gasteiger partial charge < -0.3 is 79.9 Å². The van der Waals surface area contributed by atoms with Gasteiger partial charge >= 0.3 is 0 Å². The van der Waals surface area contributed by atoms with Gasteiger partial charge in [-0.15, -0.1) is 0 Å². The Morgan fingerprint density at radius 1 is 0.660 bits per heavy atom. The SMILES string of the molecule is CC(=O)N[C@H]1[C@H](OC[C@H]2O[C@H](OCc3ccccc3)[C@H](NC(C)=O)[C@@H](O[C@@H]3O[C@H](CO)[C@H](O)[C@H](O)[C@H]3O)[C@H]2O)O[C@H](CO)[C@@H](O)[C@@H]1O. The van der Waals surface area contributed by atoms with Crippen LogP contribution >= 0.6 is 0 Å². The van der Waals surface area contributed by atoms with Gasteiger partial charge in [0.2, 0.25) is 11.8 Å². The van der Waals surface area contributed by atoms with Crippen molar-refractivity contribution in [3.05, 3.63) is 35.9 Å². The van der Waals surface area contributed by atoms with Gasteiger partial charge in [0.05, 0.1) is 26.4 Å². The zero-order chi connectivity index (χ0) is 34.4. The second kappa shape index (κ2) is 16.8. The maximum absolute atomic E-state index is 12.3. The Hall–Kier alpha value is -2.40. The third-order valence-corrected chi connectivity index (χ3v) is 8.12. The molecule has 0 aliphatic carbocycles. The van der Waals surface area contributed by atoms with E-state index in [9.17, 15) is 50.4 Å². The van der Waals surface area contributed by atoms with Crippen molar-refractivity contribution in [2.45, 2.75) is 112 Å². The van der Waals surface area contributed by atoms with Crippen LogP contribution < -0.4 is 10.6 Å². The number of aliphatic hydroxyl groups excluding tert-OH is 8. The molecule has 0 saturated carbocycles. The number of nitrogens with one attached hydrogen (secondary N) is 2. The molecule has 0 radical (unpaired) electrons. The number of carbonyl (C=O) groups excluding carboxylic acids is 2. The Labute approximate surface area is 269 Å². The maximum Gasteiger partial charge on any atom is 0.217 e. The molecule has 3 aliphatic heterocycles. The lowest BCUT2D eigenvalue weighted by Gasteiger charge is -2.48. The smallest absolute Gasteiger partial charge is 0.217 e. The molecule has 0 aromatic heterocycles. The standard InChI is InChI=1S/C29H44N2O16/c1-12(34)30-18-23(39)20(36)15(8-32)44-27(18)43-11-17-22(38)26(47-29-25(41)24(40)21(37)16(9-33)45-29)19(31-13(2)35)28(46-17)42-10-14-6-4-3-5-7-14/h3-7,15-29,32-33,36-41H,8-11H2,1-2H3,(H,30,34)(H,31,35)/t15-,16-,17-,18-,19-,20-,21+,22+,23-,24+,25-,26-,27-,28+,29+/m1/s1. The summed E-state index contributed by atoms with van der Waals surface area (Å²) in [5.74, 6) is -1.16. The van der Waals surface area contributed by atoms with Crippen LogP contribution in [0.1, 0.15) is 19.4 Å². The van der Waals surface area contributed by atoms with Gasteiger partial charge in [-0.05, 0) is 5.56 Å². The molecule has 3 saturated heterocycles. The Bertz CT molecular complexity index is 1150. The molecule has 3 aliphatic rings. The first kappa shape index (κ1) is 37.4. The van der Waals surface area contributed by atoms with Crippen LogP contribution in [0.5, 0.6) is 0 Å². The molecule has 2 amide bonds. The van der Waals surface area contributed by atoms with Crippen molar-refractivity contribution in [1.82, 2.24) is 10.6 Å². The van der Waals surface area contributed by atoms with Gasteiger partial charge in [0, 0.05) is 13.8 Å². The van der Waals surface area contributed by atoms with Crippen LogP contribution in [0.25, 0.3) is 0 Å². The highest BCUT2D eigenvalue weighted by atomic mass is 16.7. The molecule has 18 heteroatoms. The second-order valence-electron chi connectivity index (χ2n) is 11.6. The van der Waals surface area contributed by atoms with E-state index in [1.54, 1.807) is 30.3 Å².